The van der Waals surface area contributed by atoms with Gasteiger partial charge < -0.3 is 4.74 Å². The molecule has 0 unspecified atom stereocenters. The average Bonchev–Trinajstić information content (AvgIpc) is 2.35. The summed E-state index contributed by atoms with van der Waals surface area (Å²) in [5, 5.41) is 2.37. The number of rotatable bonds is 3. The van der Waals surface area contributed by atoms with Gasteiger partial charge in [-0.15, -0.1) is 6.42 Å². The topological polar surface area (TPSA) is 9.23 Å². The van der Waals surface area contributed by atoms with Crippen LogP contribution in [0.25, 0.3) is 16.8 Å². The van der Waals surface area contributed by atoms with E-state index < -0.39 is 0 Å². The molecule has 0 saturated carbocycles. The lowest BCUT2D eigenvalue weighted by Gasteiger charge is -2.05. The van der Waals surface area contributed by atoms with Gasteiger partial charge in [0.15, 0.2) is 0 Å². The van der Waals surface area contributed by atoms with Crippen LogP contribution in [0.4, 0.5) is 0 Å². The first kappa shape index (κ1) is 12.3. The van der Waals surface area contributed by atoms with E-state index in [1.807, 2.05) is 12.1 Å². The first-order chi connectivity index (χ1) is 8.69. The Balaban J connectivity index is 2.36. The Morgan fingerprint density at radius 2 is 1.89 bits per heavy atom. The molecule has 2 aromatic carbocycles. The highest BCUT2D eigenvalue weighted by atomic mass is 16.5. The zero-order valence-corrected chi connectivity index (χ0v) is 10.7. The molecule has 0 bridgehead atoms. The van der Waals surface area contributed by atoms with Crippen LogP contribution in [-0.4, -0.2) is 6.61 Å². The third-order valence-electron chi connectivity index (χ3n) is 2.61. The molecule has 2 rings (SSSR count). The zero-order valence-electron chi connectivity index (χ0n) is 10.7. The Labute approximate surface area is 108 Å². The average molecular weight is 236 g/mol. The summed E-state index contributed by atoms with van der Waals surface area (Å²) in [5.74, 6) is 3.28. The van der Waals surface area contributed by atoms with Crippen molar-refractivity contribution in [2.24, 2.45) is 0 Å². The molecule has 90 valence electrons. The smallest absolute Gasteiger partial charge is 0.148 e. The van der Waals surface area contributed by atoms with Crippen molar-refractivity contribution in [1.29, 1.82) is 0 Å². The molecule has 0 N–H and O–H groups in total. The Morgan fingerprint density at radius 1 is 1.17 bits per heavy atom. The van der Waals surface area contributed by atoms with Crippen molar-refractivity contribution in [3.63, 3.8) is 0 Å². The summed E-state index contributed by atoms with van der Waals surface area (Å²) in [6.07, 6.45) is 7.34. The van der Waals surface area contributed by atoms with Crippen LogP contribution < -0.4 is 4.74 Å². The first-order valence-corrected chi connectivity index (χ1v) is 5.94. The number of hydrogen-bond acceptors (Lipinski definition) is 1. The Bertz CT molecular complexity index is 626. The molecule has 2 aromatic rings. The SMILES string of the molecule is C#CCOc1ccc2cc(C=C(C)C)ccc2c1. The molecule has 1 nitrogen and oxygen atoms in total. The van der Waals surface area contributed by atoms with E-state index in [0.717, 1.165) is 11.1 Å². The summed E-state index contributed by atoms with van der Waals surface area (Å²) < 4.78 is 5.41. The molecule has 0 fully saturated rings. The molecule has 18 heavy (non-hydrogen) atoms. The number of ether oxygens (including phenoxy) is 1. The summed E-state index contributed by atoms with van der Waals surface area (Å²) in [6, 6.07) is 12.4. The van der Waals surface area contributed by atoms with Gasteiger partial charge in [0.2, 0.25) is 0 Å². The maximum absolute atomic E-state index is 5.41. The largest absolute Gasteiger partial charge is 0.481 e. The summed E-state index contributed by atoms with van der Waals surface area (Å²) in [6.45, 7) is 4.50. The van der Waals surface area contributed by atoms with Crippen molar-refractivity contribution in [2.75, 3.05) is 6.61 Å². The van der Waals surface area contributed by atoms with E-state index in [1.165, 1.54) is 16.5 Å². The number of hydrogen-bond donors (Lipinski definition) is 0. The Kier molecular flexibility index (Phi) is 3.69. The minimum Gasteiger partial charge on any atom is -0.481 e. The van der Waals surface area contributed by atoms with Gasteiger partial charge in [-0.3, -0.25) is 0 Å². The lowest BCUT2D eigenvalue weighted by Crippen LogP contribution is -1.92. The van der Waals surface area contributed by atoms with Gasteiger partial charge in [0.25, 0.3) is 0 Å². The third kappa shape index (κ3) is 2.93. The predicted molar refractivity (Wildman–Crippen MR) is 77.6 cm³/mol. The van der Waals surface area contributed by atoms with E-state index in [2.05, 4.69) is 50.1 Å². The molecule has 0 aromatic heterocycles. The molecule has 0 saturated heterocycles. The molecule has 0 aliphatic carbocycles. The van der Waals surface area contributed by atoms with Crippen LogP contribution in [0.3, 0.4) is 0 Å². The first-order valence-electron chi connectivity index (χ1n) is 5.94. The van der Waals surface area contributed by atoms with E-state index in [-0.39, 0.29) is 0 Å². The maximum atomic E-state index is 5.41. The second-order valence-electron chi connectivity index (χ2n) is 4.48. The van der Waals surface area contributed by atoms with E-state index in [4.69, 9.17) is 11.2 Å². The van der Waals surface area contributed by atoms with Crippen molar-refractivity contribution in [2.45, 2.75) is 13.8 Å². The monoisotopic (exact) mass is 236 g/mol. The van der Waals surface area contributed by atoms with Gasteiger partial charge in [-0.2, -0.15) is 0 Å². The van der Waals surface area contributed by atoms with E-state index >= 15 is 0 Å². The van der Waals surface area contributed by atoms with Crippen LogP contribution in [0.2, 0.25) is 0 Å². The molecule has 1 heteroatoms. The molecule has 0 spiro atoms. The predicted octanol–water partition coefficient (Wildman–Crippen LogP) is 4.28. The van der Waals surface area contributed by atoms with Crippen LogP contribution >= 0.6 is 0 Å². The lowest BCUT2D eigenvalue weighted by molar-refractivity contribution is 0.371. The van der Waals surface area contributed by atoms with Crippen molar-refractivity contribution in [3.8, 4) is 18.1 Å². The normalized spacial score (nSPS) is 9.83. The van der Waals surface area contributed by atoms with Gasteiger partial charge in [0.05, 0.1) is 0 Å². The fraction of sp³-hybridized carbons (Fsp3) is 0.176. The molecule has 0 heterocycles. The fourth-order valence-corrected chi connectivity index (χ4v) is 1.88. The second kappa shape index (κ2) is 5.42. The van der Waals surface area contributed by atoms with Gasteiger partial charge in [-0.1, -0.05) is 35.8 Å². The van der Waals surface area contributed by atoms with Crippen LogP contribution in [0.1, 0.15) is 19.4 Å². The van der Waals surface area contributed by atoms with Crippen molar-refractivity contribution in [3.05, 3.63) is 47.5 Å². The van der Waals surface area contributed by atoms with Crippen LogP contribution in [-0.2, 0) is 0 Å². The van der Waals surface area contributed by atoms with Gasteiger partial charge in [-0.25, -0.2) is 0 Å². The van der Waals surface area contributed by atoms with Crippen LogP contribution in [0, 0.1) is 12.3 Å². The highest BCUT2D eigenvalue weighted by Crippen LogP contribution is 2.23. The highest BCUT2D eigenvalue weighted by Gasteiger charge is 1.98. The highest BCUT2D eigenvalue weighted by molar-refractivity contribution is 5.86. The quantitative estimate of drug-likeness (QED) is 0.723. The molecule has 0 atom stereocenters. The van der Waals surface area contributed by atoms with Gasteiger partial charge in [0, 0.05) is 0 Å². The summed E-state index contributed by atoms with van der Waals surface area (Å²) >= 11 is 0. The van der Waals surface area contributed by atoms with Crippen molar-refractivity contribution in [1.82, 2.24) is 0 Å². The second-order valence-corrected chi connectivity index (χ2v) is 4.48. The summed E-state index contributed by atoms with van der Waals surface area (Å²) in [5.41, 5.74) is 2.52. The van der Waals surface area contributed by atoms with E-state index in [9.17, 15) is 0 Å². The van der Waals surface area contributed by atoms with E-state index in [0.29, 0.717) is 6.61 Å². The third-order valence-corrected chi connectivity index (χ3v) is 2.61. The van der Waals surface area contributed by atoms with Crippen LogP contribution in [0.5, 0.6) is 5.75 Å². The maximum Gasteiger partial charge on any atom is 0.148 e. The number of fused-ring (bicyclic) bond motifs is 1. The van der Waals surface area contributed by atoms with Gasteiger partial charge >= 0.3 is 0 Å². The fourth-order valence-electron chi connectivity index (χ4n) is 1.88. The zero-order chi connectivity index (χ0) is 13.0. The molecule has 0 radical (unpaired) electrons. The number of benzene rings is 2. The Morgan fingerprint density at radius 3 is 2.61 bits per heavy atom. The molecule has 0 aliphatic heterocycles. The lowest BCUT2D eigenvalue weighted by atomic mass is 10.1. The standard InChI is InChI=1S/C17H16O/c1-4-9-18-17-8-7-15-11-14(10-13(2)3)5-6-16(15)12-17/h1,5-8,10-12H,9H2,2-3H3. The molecular formula is C17H16O. The van der Waals surface area contributed by atoms with Crippen molar-refractivity contribution >= 4 is 16.8 Å². The minimum atomic E-state index is 0.307. The minimum absolute atomic E-state index is 0.307. The summed E-state index contributed by atoms with van der Waals surface area (Å²) in [4.78, 5) is 0. The Hall–Kier alpha value is -2.20. The van der Waals surface area contributed by atoms with Crippen LogP contribution in [0.15, 0.2) is 42.0 Å². The van der Waals surface area contributed by atoms with Gasteiger partial charge in [0.1, 0.15) is 12.4 Å². The van der Waals surface area contributed by atoms with Gasteiger partial charge in [-0.05, 0) is 48.4 Å². The van der Waals surface area contributed by atoms with E-state index in [1.54, 1.807) is 0 Å². The number of allylic oxidation sites excluding steroid dienone is 1. The number of terminal acetylenes is 1. The summed E-state index contributed by atoms with van der Waals surface area (Å²) in [7, 11) is 0. The molecule has 0 aliphatic rings. The molecular weight excluding hydrogens is 220 g/mol. The molecule has 0 amide bonds. The van der Waals surface area contributed by atoms with Crippen molar-refractivity contribution < 1.29 is 4.74 Å².